The Morgan fingerprint density at radius 1 is 1.16 bits per heavy atom. The molecule has 1 aliphatic heterocycles. The second-order valence-corrected chi connectivity index (χ2v) is 9.84. The molecule has 0 radical (unpaired) electrons. The Kier molecular flexibility index (Phi) is 6.08. The van der Waals surface area contributed by atoms with Gasteiger partial charge in [-0.15, -0.1) is 11.3 Å². The van der Waals surface area contributed by atoms with Crippen molar-refractivity contribution in [2.24, 2.45) is 0 Å². The highest BCUT2D eigenvalue weighted by molar-refractivity contribution is 7.18. The van der Waals surface area contributed by atoms with Crippen LogP contribution in [0.5, 0.6) is 0 Å². The van der Waals surface area contributed by atoms with Crippen LogP contribution < -0.4 is 10.6 Å². The lowest BCUT2D eigenvalue weighted by Gasteiger charge is -2.25. The Bertz CT molecular complexity index is 1120. The number of aryl methyl sites for hydroxylation is 2. The SMILES string of the molecule is Cc1sc2nc(CN3CCOCC3)nc(NCc3ccc(C(=O)NC4CC4)cc3)c2c1C. The third-order valence-electron chi connectivity index (χ3n) is 6.13. The molecule has 0 bridgehead atoms. The van der Waals surface area contributed by atoms with Crippen LogP contribution >= 0.6 is 11.3 Å². The topological polar surface area (TPSA) is 79.4 Å². The number of hydrogen-bond donors (Lipinski definition) is 2. The highest BCUT2D eigenvalue weighted by atomic mass is 32.1. The molecule has 3 aromatic rings. The van der Waals surface area contributed by atoms with E-state index >= 15 is 0 Å². The number of anilines is 1. The van der Waals surface area contributed by atoms with Gasteiger partial charge in [-0.2, -0.15) is 0 Å². The lowest BCUT2D eigenvalue weighted by molar-refractivity contribution is 0.0331. The molecule has 8 heteroatoms. The molecule has 32 heavy (non-hydrogen) atoms. The van der Waals surface area contributed by atoms with Gasteiger partial charge < -0.3 is 15.4 Å². The molecular formula is C24H29N5O2S. The second kappa shape index (κ2) is 9.13. The average Bonchev–Trinajstić information content (AvgIpc) is 3.57. The van der Waals surface area contributed by atoms with Crippen LogP contribution in [0.4, 0.5) is 5.82 Å². The van der Waals surface area contributed by atoms with E-state index in [9.17, 15) is 4.79 Å². The first-order valence-corrected chi connectivity index (χ1v) is 12.1. The van der Waals surface area contributed by atoms with Gasteiger partial charge in [0.05, 0.1) is 25.1 Å². The molecule has 0 atom stereocenters. The van der Waals surface area contributed by atoms with E-state index in [1.807, 2.05) is 24.3 Å². The number of carbonyl (C=O) groups excluding carboxylic acids is 1. The van der Waals surface area contributed by atoms with E-state index in [1.54, 1.807) is 11.3 Å². The van der Waals surface area contributed by atoms with Crippen molar-refractivity contribution in [3.8, 4) is 0 Å². The fraction of sp³-hybridized carbons (Fsp3) is 0.458. The quantitative estimate of drug-likeness (QED) is 0.571. The van der Waals surface area contributed by atoms with Crippen molar-refractivity contribution in [1.29, 1.82) is 0 Å². The predicted octanol–water partition coefficient (Wildman–Crippen LogP) is 3.64. The molecule has 5 rings (SSSR count). The number of carbonyl (C=O) groups is 1. The predicted molar refractivity (Wildman–Crippen MR) is 127 cm³/mol. The minimum absolute atomic E-state index is 0.0154. The van der Waals surface area contributed by atoms with Gasteiger partial charge in [0, 0.05) is 36.1 Å². The molecule has 1 saturated carbocycles. The molecule has 0 spiro atoms. The van der Waals surface area contributed by atoms with Crippen molar-refractivity contribution in [3.05, 3.63) is 51.7 Å². The van der Waals surface area contributed by atoms with Crippen molar-refractivity contribution in [3.63, 3.8) is 0 Å². The molecular weight excluding hydrogens is 422 g/mol. The fourth-order valence-electron chi connectivity index (χ4n) is 3.91. The van der Waals surface area contributed by atoms with Gasteiger partial charge in [0.1, 0.15) is 16.5 Å². The number of morpholine rings is 1. The lowest BCUT2D eigenvalue weighted by atomic mass is 10.1. The number of hydrogen-bond acceptors (Lipinski definition) is 7. The Hall–Kier alpha value is -2.55. The minimum atomic E-state index is 0.0154. The number of rotatable bonds is 7. The molecule has 2 N–H and O–H groups in total. The summed E-state index contributed by atoms with van der Waals surface area (Å²) in [6, 6.07) is 8.18. The molecule has 3 heterocycles. The maximum atomic E-state index is 12.2. The number of nitrogens with zero attached hydrogens (tertiary/aromatic N) is 3. The van der Waals surface area contributed by atoms with Crippen molar-refractivity contribution < 1.29 is 9.53 Å². The Morgan fingerprint density at radius 3 is 2.62 bits per heavy atom. The smallest absolute Gasteiger partial charge is 0.251 e. The van der Waals surface area contributed by atoms with Crippen LogP contribution in [0.2, 0.25) is 0 Å². The van der Waals surface area contributed by atoms with E-state index in [1.165, 1.54) is 10.4 Å². The average molecular weight is 452 g/mol. The maximum Gasteiger partial charge on any atom is 0.251 e. The summed E-state index contributed by atoms with van der Waals surface area (Å²) in [5.41, 5.74) is 3.05. The first-order valence-electron chi connectivity index (χ1n) is 11.3. The summed E-state index contributed by atoms with van der Waals surface area (Å²) in [5, 5.41) is 7.68. The lowest BCUT2D eigenvalue weighted by Crippen LogP contribution is -2.36. The van der Waals surface area contributed by atoms with Gasteiger partial charge in [0.15, 0.2) is 0 Å². The van der Waals surface area contributed by atoms with Crippen molar-refractivity contribution >= 4 is 33.3 Å². The van der Waals surface area contributed by atoms with Gasteiger partial charge in [0.25, 0.3) is 5.91 Å². The van der Waals surface area contributed by atoms with Crippen LogP contribution in [-0.2, 0) is 17.8 Å². The summed E-state index contributed by atoms with van der Waals surface area (Å²) in [4.78, 5) is 26.6. The van der Waals surface area contributed by atoms with E-state index in [4.69, 9.17) is 14.7 Å². The van der Waals surface area contributed by atoms with Crippen LogP contribution in [0.3, 0.4) is 0 Å². The van der Waals surface area contributed by atoms with Crippen molar-refractivity contribution in [2.45, 2.75) is 45.8 Å². The van der Waals surface area contributed by atoms with Crippen LogP contribution in [0, 0.1) is 13.8 Å². The van der Waals surface area contributed by atoms with Crippen molar-refractivity contribution in [2.75, 3.05) is 31.6 Å². The second-order valence-electron chi connectivity index (χ2n) is 8.64. The van der Waals surface area contributed by atoms with Gasteiger partial charge in [-0.05, 0) is 49.9 Å². The Balaban J connectivity index is 1.33. The number of nitrogens with one attached hydrogen (secondary N) is 2. The fourth-order valence-corrected chi connectivity index (χ4v) is 4.96. The van der Waals surface area contributed by atoms with Crippen LogP contribution in [0.15, 0.2) is 24.3 Å². The molecule has 1 amide bonds. The van der Waals surface area contributed by atoms with E-state index in [2.05, 4.69) is 29.4 Å². The van der Waals surface area contributed by atoms with E-state index in [0.29, 0.717) is 18.2 Å². The molecule has 1 saturated heterocycles. The van der Waals surface area contributed by atoms with Gasteiger partial charge in [0.2, 0.25) is 0 Å². The molecule has 1 aromatic carbocycles. The molecule has 1 aliphatic carbocycles. The zero-order valence-electron chi connectivity index (χ0n) is 18.6. The largest absolute Gasteiger partial charge is 0.379 e. The van der Waals surface area contributed by atoms with E-state index < -0.39 is 0 Å². The van der Waals surface area contributed by atoms with Crippen LogP contribution in [-0.4, -0.2) is 53.1 Å². The van der Waals surface area contributed by atoms with Gasteiger partial charge >= 0.3 is 0 Å². The standard InChI is InChI=1S/C24H29N5O2S/c1-15-16(2)32-24-21(15)22(27-20(28-24)14-29-9-11-31-12-10-29)25-13-17-3-5-18(6-4-17)23(30)26-19-7-8-19/h3-6,19H,7-14H2,1-2H3,(H,26,30)(H,25,27,28). The first kappa shape index (κ1) is 21.3. The number of amides is 1. The van der Waals surface area contributed by atoms with Crippen LogP contribution in [0.25, 0.3) is 10.2 Å². The minimum Gasteiger partial charge on any atom is -0.379 e. The Labute approximate surface area is 192 Å². The summed E-state index contributed by atoms with van der Waals surface area (Å²) in [7, 11) is 0. The summed E-state index contributed by atoms with van der Waals surface area (Å²) in [5.74, 6) is 1.74. The number of aromatic nitrogens is 2. The summed E-state index contributed by atoms with van der Waals surface area (Å²) >= 11 is 1.73. The van der Waals surface area contributed by atoms with Crippen LogP contribution in [0.1, 0.15) is 45.0 Å². The first-order chi connectivity index (χ1) is 15.6. The number of benzene rings is 1. The molecule has 168 valence electrons. The zero-order valence-corrected chi connectivity index (χ0v) is 19.4. The summed E-state index contributed by atoms with van der Waals surface area (Å²) in [6.45, 7) is 8.99. The number of ether oxygens (including phenoxy) is 1. The monoisotopic (exact) mass is 451 g/mol. The number of thiophene rings is 1. The molecule has 7 nitrogen and oxygen atoms in total. The summed E-state index contributed by atoms with van der Waals surface area (Å²) in [6.07, 6.45) is 2.19. The Morgan fingerprint density at radius 2 is 1.91 bits per heavy atom. The van der Waals surface area contributed by atoms with E-state index in [-0.39, 0.29) is 5.91 Å². The zero-order chi connectivity index (χ0) is 22.1. The highest BCUT2D eigenvalue weighted by Crippen LogP contribution is 2.33. The summed E-state index contributed by atoms with van der Waals surface area (Å²) < 4.78 is 5.47. The third kappa shape index (κ3) is 4.77. The molecule has 0 unspecified atom stereocenters. The van der Waals surface area contributed by atoms with Gasteiger partial charge in [-0.1, -0.05) is 12.1 Å². The van der Waals surface area contributed by atoms with E-state index in [0.717, 1.165) is 73.1 Å². The highest BCUT2D eigenvalue weighted by Gasteiger charge is 2.23. The number of fused-ring (bicyclic) bond motifs is 1. The van der Waals surface area contributed by atoms with Gasteiger partial charge in [-0.25, -0.2) is 9.97 Å². The molecule has 2 aliphatic rings. The third-order valence-corrected chi connectivity index (χ3v) is 7.23. The van der Waals surface area contributed by atoms with Crippen molar-refractivity contribution in [1.82, 2.24) is 20.2 Å². The molecule has 2 aromatic heterocycles. The normalized spacial score (nSPS) is 16.9. The molecule has 2 fully saturated rings. The maximum absolute atomic E-state index is 12.2. The van der Waals surface area contributed by atoms with Gasteiger partial charge in [-0.3, -0.25) is 9.69 Å².